The summed E-state index contributed by atoms with van der Waals surface area (Å²) < 4.78 is 4.69. The Hall–Kier alpha value is -3.09. The SMILES string of the molecule is COC(=O)c1ccccc1NCc1cc([N+](=O)[O-])ccc1O. The van der Waals surface area contributed by atoms with E-state index in [2.05, 4.69) is 10.1 Å². The summed E-state index contributed by atoms with van der Waals surface area (Å²) in [5.74, 6) is -0.556. The zero-order valence-corrected chi connectivity index (χ0v) is 11.8. The average Bonchev–Trinajstić information content (AvgIpc) is 2.53. The maximum absolute atomic E-state index is 11.7. The fraction of sp³-hybridized carbons (Fsp3) is 0.133. The van der Waals surface area contributed by atoms with E-state index in [0.717, 1.165) is 0 Å². The molecule has 114 valence electrons. The lowest BCUT2D eigenvalue weighted by Crippen LogP contribution is -2.08. The van der Waals surface area contributed by atoms with Crippen LogP contribution in [0, 0.1) is 10.1 Å². The number of carbonyl (C=O) groups excluding carboxylic acids is 1. The number of nitrogens with zero attached hydrogens (tertiary/aromatic N) is 1. The number of nitro benzene ring substituents is 1. The maximum Gasteiger partial charge on any atom is 0.339 e. The molecule has 0 fully saturated rings. The summed E-state index contributed by atoms with van der Waals surface area (Å²) in [5.41, 5.74) is 1.10. The largest absolute Gasteiger partial charge is 0.508 e. The van der Waals surface area contributed by atoms with Gasteiger partial charge in [0.15, 0.2) is 0 Å². The summed E-state index contributed by atoms with van der Waals surface area (Å²) in [7, 11) is 1.28. The van der Waals surface area contributed by atoms with Gasteiger partial charge in [0.25, 0.3) is 5.69 Å². The molecule has 7 nitrogen and oxygen atoms in total. The minimum Gasteiger partial charge on any atom is -0.508 e. The topological polar surface area (TPSA) is 102 Å². The van der Waals surface area contributed by atoms with Crippen LogP contribution < -0.4 is 5.32 Å². The summed E-state index contributed by atoms with van der Waals surface area (Å²) >= 11 is 0. The number of para-hydroxylation sites is 1. The van der Waals surface area contributed by atoms with Gasteiger partial charge in [-0.3, -0.25) is 10.1 Å². The number of hydrogen-bond acceptors (Lipinski definition) is 6. The lowest BCUT2D eigenvalue weighted by atomic mass is 10.1. The highest BCUT2D eigenvalue weighted by atomic mass is 16.6. The van der Waals surface area contributed by atoms with E-state index in [1.807, 2.05) is 0 Å². The van der Waals surface area contributed by atoms with Crippen molar-refractivity contribution in [3.05, 3.63) is 63.7 Å². The van der Waals surface area contributed by atoms with E-state index >= 15 is 0 Å². The zero-order valence-electron chi connectivity index (χ0n) is 11.8. The highest BCUT2D eigenvalue weighted by molar-refractivity contribution is 5.95. The zero-order chi connectivity index (χ0) is 16.1. The molecule has 0 saturated heterocycles. The number of methoxy groups -OCH3 is 1. The van der Waals surface area contributed by atoms with Crippen LogP contribution in [0.5, 0.6) is 5.75 Å². The Morgan fingerprint density at radius 2 is 2.05 bits per heavy atom. The molecular formula is C15H14N2O5. The highest BCUT2D eigenvalue weighted by Crippen LogP contribution is 2.25. The van der Waals surface area contributed by atoms with Crippen molar-refractivity contribution in [2.75, 3.05) is 12.4 Å². The molecule has 2 N–H and O–H groups in total. The average molecular weight is 302 g/mol. The third kappa shape index (κ3) is 3.32. The van der Waals surface area contributed by atoms with Gasteiger partial charge in [-0.1, -0.05) is 12.1 Å². The molecule has 0 heterocycles. The van der Waals surface area contributed by atoms with E-state index in [1.165, 1.54) is 25.3 Å². The Morgan fingerprint density at radius 3 is 2.73 bits per heavy atom. The Morgan fingerprint density at radius 1 is 1.32 bits per heavy atom. The van der Waals surface area contributed by atoms with E-state index in [4.69, 9.17) is 0 Å². The van der Waals surface area contributed by atoms with Gasteiger partial charge < -0.3 is 15.2 Å². The second-order valence-electron chi connectivity index (χ2n) is 4.46. The monoisotopic (exact) mass is 302 g/mol. The number of nitro groups is 1. The van der Waals surface area contributed by atoms with Gasteiger partial charge in [0.2, 0.25) is 0 Å². The molecule has 0 aliphatic heterocycles. The van der Waals surface area contributed by atoms with Gasteiger partial charge in [0, 0.05) is 29.9 Å². The summed E-state index contributed by atoms with van der Waals surface area (Å²) in [6, 6.07) is 10.5. The number of aromatic hydroxyl groups is 1. The number of benzene rings is 2. The number of nitrogens with one attached hydrogen (secondary N) is 1. The van der Waals surface area contributed by atoms with Crippen LogP contribution in [0.3, 0.4) is 0 Å². The van der Waals surface area contributed by atoms with Crippen molar-refractivity contribution < 1.29 is 19.6 Å². The van der Waals surface area contributed by atoms with Crippen molar-refractivity contribution >= 4 is 17.3 Å². The van der Waals surface area contributed by atoms with E-state index in [-0.39, 0.29) is 18.0 Å². The van der Waals surface area contributed by atoms with Crippen molar-refractivity contribution in [2.45, 2.75) is 6.54 Å². The van der Waals surface area contributed by atoms with Crippen LogP contribution in [0.1, 0.15) is 15.9 Å². The first-order valence-corrected chi connectivity index (χ1v) is 6.40. The molecule has 0 aliphatic rings. The van der Waals surface area contributed by atoms with Crippen molar-refractivity contribution in [1.29, 1.82) is 0 Å². The van der Waals surface area contributed by atoms with Crippen molar-refractivity contribution in [3.8, 4) is 5.75 Å². The number of non-ortho nitro benzene ring substituents is 1. The van der Waals surface area contributed by atoms with E-state index in [0.29, 0.717) is 16.8 Å². The first-order chi connectivity index (χ1) is 10.5. The number of carbonyl (C=O) groups is 1. The normalized spacial score (nSPS) is 10.0. The molecule has 0 bridgehead atoms. The van der Waals surface area contributed by atoms with Gasteiger partial charge in [-0.05, 0) is 18.2 Å². The van der Waals surface area contributed by atoms with Crippen LogP contribution in [-0.2, 0) is 11.3 Å². The Kier molecular flexibility index (Phi) is 4.57. The molecule has 0 aliphatic carbocycles. The first-order valence-electron chi connectivity index (χ1n) is 6.40. The van der Waals surface area contributed by atoms with Crippen molar-refractivity contribution in [1.82, 2.24) is 0 Å². The minimum absolute atomic E-state index is 0.0614. The number of esters is 1. The molecule has 0 saturated carbocycles. The third-order valence-electron chi connectivity index (χ3n) is 3.08. The Balaban J connectivity index is 2.22. The van der Waals surface area contributed by atoms with Gasteiger partial charge in [-0.25, -0.2) is 4.79 Å². The minimum atomic E-state index is -0.536. The number of ether oxygens (including phenoxy) is 1. The highest BCUT2D eigenvalue weighted by Gasteiger charge is 2.13. The van der Waals surface area contributed by atoms with E-state index in [1.54, 1.807) is 24.3 Å². The van der Waals surface area contributed by atoms with E-state index in [9.17, 15) is 20.0 Å². The predicted octanol–water partition coefficient (Wildman–Crippen LogP) is 2.70. The van der Waals surface area contributed by atoms with Crippen LogP contribution in [0.15, 0.2) is 42.5 Å². The number of phenols is 1. The third-order valence-corrected chi connectivity index (χ3v) is 3.08. The van der Waals surface area contributed by atoms with Gasteiger partial charge in [0.1, 0.15) is 5.75 Å². The van der Waals surface area contributed by atoms with Gasteiger partial charge >= 0.3 is 5.97 Å². The molecule has 2 aromatic rings. The molecule has 0 atom stereocenters. The molecule has 0 spiro atoms. The standard InChI is InChI=1S/C15H14N2O5/c1-22-15(19)12-4-2-3-5-13(12)16-9-10-8-11(17(20)21)6-7-14(10)18/h2-8,16,18H,9H2,1H3. The van der Waals surface area contributed by atoms with Gasteiger partial charge in [-0.15, -0.1) is 0 Å². The molecule has 0 amide bonds. The maximum atomic E-state index is 11.7. The molecule has 0 radical (unpaired) electrons. The summed E-state index contributed by atoms with van der Waals surface area (Å²) in [4.78, 5) is 21.9. The van der Waals surface area contributed by atoms with Crippen molar-refractivity contribution in [2.24, 2.45) is 0 Å². The quantitative estimate of drug-likeness (QED) is 0.500. The van der Waals surface area contributed by atoms with E-state index < -0.39 is 10.9 Å². The number of rotatable bonds is 5. The molecule has 2 rings (SSSR count). The molecule has 2 aromatic carbocycles. The lowest BCUT2D eigenvalue weighted by Gasteiger charge is -2.11. The summed E-state index contributed by atoms with van der Waals surface area (Å²) in [6.07, 6.45) is 0. The summed E-state index contributed by atoms with van der Waals surface area (Å²) in [6.45, 7) is 0.127. The van der Waals surface area contributed by atoms with Crippen LogP contribution in [0.25, 0.3) is 0 Å². The first kappa shape index (κ1) is 15.3. The fourth-order valence-corrected chi connectivity index (χ4v) is 1.94. The Bertz CT molecular complexity index is 715. The van der Waals surface area contributed by atoms with Crippen molar-refractivity contribution in [3.63, 3.8) is 0 Å². The lowest BCUT2D eigenvalue weighted by molar-refractivity contribution is -0.384. The smallest absolute Gasteiger partial charge is 0.339 e. The molecule has 0 aromatic heterocycles. The van der Waals surface area contributed by atoms with Gasteiger partial charge in [-0.2, -0.15) is 0 Å². The molecular weight excluding hydrogens is 288 g/mol. The second-order valence-corrected chi connectivity index (χ2v) is 4.46. The number of hydrogen-bond donors (Lipinski definition) is 2. The second kappa shape index (κ2) is 6.57. The number of phenolic OH excluding ortho intramolecular Hbond substituents is 1. The van der Waals surface area contributed by atoms with Crippen LogP contribution >= 0.6 is 0 Å². The van der Waals surface area contributed by atoms with Gasteiger partial charge in [0.05, 0.1) is 17.6 Å². The predicted molar refractivity (Wildman–Crippen MR) is 79.9 cm³/mol. The Labute approximate surface area is 126 Å². The van der Waals surface area contributed by atoms with Crippen LogP contribution in [0.2, 0.25) is 0 Å². The molecule has 7 heteroatoms. The summed E-state index contributed by atoms with van der Waals surface area (Å²) in [5, 5.41) is 23.5. The van der Waals surface area contributed by atoms with Crippen LogP contribution in [0.4, 0.5) is 11.4 Å². The van der Waals surface area contributed by atoms with Crippen LogP contribution in [-0.4, -0.2) is 23.1 Å². The molecule has 22 heavy (non-hydrogen) atoms. The fourth-order valence-electron chi connectivity index (χ4n) is 1.94. The number of anilines is 1. The molecule has 0 unspecified atom stereocenters.